The third-order valence-electron chi connectivity index (χ3n) is 32.5. The van der Waals surface area contributed by atoms with Gasteiger partial charge in [-0.3, -0.25) is 14.4 Å². The van der Waals surface area contributed by atoms with Crippen LogP contribution in [0, 0.1) is 113 Å². The molecule has 2 aromatic carbocycles. The molecule has 24 atom stereocenters. The number of aliphatic hydroxyl groups is 4. The molecule has 13 rings (SSSR count). The highest BCUT2D eigenvalue weighted by Crippen LogP contribution is 2.78. The van der Waals surface area contributed by atoms with Gasteiger partial charge in [0.1, 0.15) is 37.1 Å². The summed E-state index contributed by atoms with van der Waals surface area (Å²) >= 11 is 0. The zero-order chi connectivity index (χ0) is 77.5. The number of esters is 3. The van der Waals surface area contributed by atoms with E-state index in [-0.39, 0.29) is 142 Å². The molecule has 594 valence electrons. The molecule has 8 aliphatic carbocycles. The summed E-state index contributed by atoms with van der Waals surface area (Å²) in [5.74, 6) is 1.47. The largest absolute Gasteiger partial charge is 0.463 e. The van der Waals surface area contributed by atoms with Crippen LogP contribution in [0.5, 0.6) is 0 Å². The molecule has 6 saturated carbocycles. The number of carbonyl (C=O) groups excluding carboxylic acids is 3. The maximum absolute atomic E-state index is 14.8. The van der Waals surface area contributed by atoms with Crippen LogP contribution in [0.25, 0.3) is 0 Å². The SMILES string of the molecule is CCC(O)(CO)CO[C@H]1[C@H](n2nnc(N)n2)C[C@@]23COC[C@@]1(C)[C@@H]2CC[C@H]1C3=CC[C@@]2(C)[C@H](C(=O)OCc3ccccc3)[C@@](C)([C@H](C)C(C)C)CC[C@]12C.CO[C@@H]1C[C@@]23COC[C@@](C)([C@@H]2CC[C@H]2C3=CC[C@@]3(C)[C@H](C(=O)OCc4ccccc4)[C@@](C)([C@H](C)C(C)C)CC[C@]23C)[C@H]1OCC(O)(CO)COC(C)=O. The standard InChI is InChI=1S/C44H66O9.C43H65N5O6/c1-28(2)29(3)39(5)19-20-41(7)32-15-16-35-40(6)24-50-27-44(35,21-34(49-9)37(40)53-26-43(48,23-45)25-52-30(4)46)33(32)17-18-42(41,8)36(39)38(47)51-22-31-13-11-10-12-14-31;1-9-42(51,23-49)25-54-35-32(48-46-37(44)45-47-48)21-43-26-52-24-39(35,6)33(43)16-15-30-31(43)17-18-41(8)34(36(50)53-22-29-13-11-10-12-14-29)38(5,28(4)27(2)3)19-20-40(30,41)7/h10-14,17,28-29,32,34-37,45,48H,15-16,18-27H2,1-9H3;10-14,17,27-28,30,32-35,49,51H,9,15-16,18-26H2,1-8H3,(H2,44,46)/t29-,32+,34-,35+,36-,37+,39-,40+,41-,42+,43?,44+;28-,30+,32-,33+,34-,35+,38-,39+,40-,41+,42?,43+/m11/s1. The van der Waals surface area contributed by atoms with E-state index in [1.54, 1.807) is 11.9 Å². The van der Waals surface area contributed by atoms with Crippen molar-refractivity contribution in [1.82, 2.24) is 20.2 Å². The number of aromatic nitrogens is 4. The number of fused-ring (bicyclic) bond motifs is 6. The van der Waals surface area contributed by atoms with Gasteiger partial charge in [-0.05, 0) is 180 Å². The second-order valence-corrected chi connectivity index (χ2v) is 38.3. The first kappa shape index (κ1) is 81.3. The number of hydrogen-bond acceptors (Lipinski definition) is 19. The molecule has 4 bridgehead atoms. The third kappa shape index (κ3) is 13.4. The van der Waals surface area contributed by atoms with Gasteiger partial charge >= 0.3 is 17.9 Å². The summed E-state index contributed by atoms with van der Waals surface area (Å²) < 4.78 is 50.5. The van der Waals surface area contributed by atoms with Crippen LogP contribution in [0.2, 0.25) is 0 Å². The first-order valence-corrected chi connectivity index (χ1v) is 40.5. The molecule has 2 aliphatic heterocycles. The number of rotatable bonds is 23. The van der Waals surface area contributed by atoms with Crippen molar-refractivity contribution < 1.29 is 72.7 Å². The Bertz CT molecular complexity index is 3720. The van der Waals surface area contributed by atoms with Crippen molar-refractivity contribution >= 4 is 23.9 Å². The number of carbonyl (C=O) groups is 3. The Kier molecular flexibility index (Phi) is 22.9. The number of hydrogen-bond donors (Lipinski definition) is 5. The number of tetrazole rings is 1. The van der Waals surface area contributed by atoms with E-state index in [2.05, 4.69) is 124 Å². The smallest absolute Gasteiger partial charge is 0.310 e. The summed E-state index contributed by atoms with van der Waals surface area (Å²) in [5, 5.41) is 55.4. The van der Waals surface area contributed by atoms with Crippen molar-refractivity contribution in [1.29, 1.82) is 0 Å². The number of nitrogen functional groups attached to an aromatic ring is 1. The fourth-order valence-corrected chi connectivity index (χ4v) is 25.3. The van der Waals surface area contributed by atoms with Gasteiger partial charge in [0.2, 0.25) is 0 Å². The molecular weight excluding hydrogens is 1350 g/mol. The Hall–Kier alpha value is -5.16. The number of anilines is 1. The lowest BCUT2D eigenvalue weighted by Crippen LogP contribution is -2.70. The number of ether oxygens (including phenoxy) is 8. The van der Waals surface area contributed by atoms with Gasteiger partial charge in [0.15, 0.2) is 0 Å². The predicted octanol–water partition coefficient (Wildman–Crippen LogP) is 13.5. The highest BCUT2D eigenvalue weighted by molar-refractivity contribution is 5.76. The lowest BCUT2D eigenvalue weighted by atomic mass is 9.34. The van der Waals surface area contributed by atoms with Crippen molar-refractivity contribution in [3.8, 4) is 0 Å². The van der Waals surface area contributed by atoms with Crippen molar-refractivity contribution in [2.45, 2.75) is 243 Å². The van der Waals surface area contributed by atoms with E-state index in [9.17, 15) is 34.8 Å². The molecule has 20 nitrogen and oxygen atoms in total. The van der Waals surface area contributed by atoms with Crippen LogP contribution in [0.3, 0.4) is 0 Å². The molecule has 0 radical (unpaired) electrons. The summed E-state index contributed by atoms with van der Waals surface area (Å²) in [5.41, 5.74) is 5.12. The molecule has 0 amide bonds. The van der Waals surface area contributed by atoms with Gasteiger partial charge in [-0.1, -0.05) is 193 Å². The summed E-state index contributed by atoms with van der Waals surface area (Å²) in [6.07, 6.45) is 15.3. The molecule has 2 saturated heterocycles. The second-order valence-electron chi connectivity index (χ2n) is 38.3. The van der Waals surface area contributed by atoms with Crippen LogP contribution >= 0.6 is 0 Å². The van der Waals surface area contributed by atoms with Crippen molar-refractivity contribution in [2.75, 3.05) is 72.3 Å². The number of aliphatic hydroxyl groups excluding tert-OH is 2. The normalized spacial score (nSPS) is 40.6. The summed E-state index contributed by atoms with van der Waals surface area (Å²) in [7, 11) is 1.73. The quantitative estimate of drug-likeness (QED) is 0.0335. The van der Waals surface area contributed by atoms with Crippen molar-refractivity contribution in [3.63, 3.8) is 0 Å². The Labute approximate surface area is 637 Å². The minimum atomic E-state index is -1.73. The van der Waals surface area contributed by atoms with Crippen LogP contribution in [0.4, 0.5) is 5.95 Å². The fraction of sp³-hybridized carbons (Fsp3) is 0.770. The monoisotopic (exact) mass is 1490 g/mol. The lowest BCUT2D eigenvalue weighted by Gasteiger charge is -2.71. The van der Waals surface area contributed by atoms with E-state index >= 15 is 0 Å². The number of nitrogens with two attached hydrogens (primary N) is 1. The minimum Gasteiger partial charge on any atom is -0.463 e. The zero-order valence-corrected chi connectivity index (χ0v) is 67.6. The summed E-state index contributed by atoms with van der Waals surface area (Å²) in [4.78, 5) is 42.6. The maximum atomic E-state index is 14.8. The van der Waals surface area contributed by atoms with Gasteiger partial charge in [-0.15, -0.1) is 5.10 Å². The van der Waals surface area contributed by atoms with E-state index in [0.29, 0.717) is 62.9 Å². The Morgan fingerprint density at radius 1 is 0.598 bits per heavy atom. The maximum Gasteiger partial charge on any atom is 0.310 e. The highest BCUT2D eigenvalue weighted by Gasteiger charge is 2.75. The molecule has 1 aromatic heterocycles. The van der Waals surface area contributed by atoms with Gasteiger partial charge in [0.05, 0.1) is 83.0 Å². The Morgan fingerprint density at radius 2 is 1.05 bits per heavy atom. The van der Waals surface area contributed by atoms with Crippen molar-refractivity contribution in [2.24, 2.45) is 113 Å². The van der Waals surface area contributed by atoms with Crippen LogP contribution < -0.4 is 5.73 Å². The molecule has 10 aliphatic rings. The first-order valence-electron chi connectivity index (χ1n) is 40.5. The third-order valence-corrected chi connectivity index (χ3v) is 32.5. The van der Waals surface area contributed by atoms with E-state index in [1.165, 1.54) is 18.1 Å². The molecular formula is C87H131N5O15. The molecule has 6 N–H and O–H groups in total. The van der Waals surface area contributed by atoms with E-state index in [1.807, 2.05) is 67.6 Å². The average Bonchev–Trinajstić information content (AvgIpc) is 0.838. The molecule has 20 heteroatoms. The molecule has 2 unspecified atom stereocenters. The number of methoxy groups -OCH3 is 1. The first-order chi connectivity index (χ1) is 50.5. The Balaban J connectivity index is 0.000000200. The molecule has 0 spiro atoms. The minimum absolute atomic E-state index is 0.0161. The second kappa shape index (κ2) is 30.1. The van der Waals surface area contributed by atoms with Crippen LogP contribution in [0.15, 0.2) is 84.0 Å². The van der Waals surface area contributed by atoms with Crippen LogP contribution in [-0.4, -0.2) is 155 Å². The van der Waals surface area contributed by atoms with Gasteiger partial charge in [-0.2, -0.15) is 4.80 Å². The van der Waals surface area contributed by atoms with E-state index < -0.39 is 53.4 Å². The number of nitrogens with zero attached hydrogens (tertiary/aromatic N) is 4. The van der Waals surface area contributed by atoms with Crippen LogP contribution in [-0.2, 0) is 65.5 Å². The lowest BCUT2D eigenvalue weighted by molar-refractivity contribution is -0.276. The summed E-state index contributed by atoms with van der Waals surface area (Å²) in [6.45, 7) is 37.1. The predicted molar refractivity (Wildman–Crippen MR) is 407 cm³/mol. The summed E-state index contributed by atoms with van der Waals surface area (Å²) in [6, 6.07) is 19.7. The molecule has 3 heterocycles. The van der Waals surface area contributed by atoms with Gasteiger partial charge in [0.25, 0.3) is 5.95 Å². The molecule has 8 fully saturated rings. The van der Waals surface area contributed by atoms with Crippen molar-refractivity contribution in [3.05, 3.63) is 95.1 Å². The highest BCUT2D eigenvalue weighted by atomic mass is 16.6. The molecule has 107 heavy (non-hydrogen) atoms. The fourth-order valence-electron chi connectivity index (χ4n) is 25.3. The van der Waals surface area contributed by atoms with Crippen LogP contribution in [0.1, 0.15) is 211 Å². The number of benzene rings is 2. The Morgan fingerprint density at radius 3 is 1.47 bits per heavy atom. The van der Waals surface area contributed by atoms with E-state index in [4.69, 9.17) is 43.6 Å². The zero-order valence-electron chi connectivity index (χ0n) is 67.6. The van der Waals surface area contributed by atoms with Gasteiger partial charge in [-0.25, -0.2) is 0 Å². The van der Waals surface area contributed by atoms with Gasteiger partial charge in [0, 0.05) is 35.7 Å². The van der Waals surface area contributed by atoms with Gasteiger partial charge < -0.3 is 64.1 Å². The molecule has 3 aromatic rings. The number of allylic oxidation sites excluding steroid dienone is 2. The topological polar surface area (TPSA) is 276 Å². The van der Waals surface area contributed by atoms with E-state index in [0.717, 1.165) is 81.8 Å². The average molecular weight is 1490 g/mol.